The van der Waals surface area contributed by atoms with Crippen molar-refractivity contribution in [3.05, 3.63) is 64.5 Å². The molecular formula is C27H27ClN4O4S2. The van der Waals surface area contributed by atoms with Crippen LogP contribution in [0.25, 0.3) is 22.5 Å². The van der Waals surface area contributed by atoms with Crippen molar-refractivity contribution < 1.29 is 19.1 Å². The van der Waals surface area contributed by atoms with E-state index in [1.54, 1.807) is 12.1 Å². The van der Waals surface area contributed by atoms with Crippen LogP contribution < -0.4 is 10.1 Å². The first kappa shape index (κ1) is 27.7. The lowest BCUT2D eigenvalue weighted by Gasteiger charge is -2.09. The van der Waals surface area contributed by atoms with Gasteiger partial charge in [-0.05, 0) is 47.9 Å². The molecule has 0 aliphatic carbocycles. The summed E-state index contributed by atoms with van der Waals surface area (Å²) >= 11 is 8.51. The zero-order valence-electron chi connectivity index (χ0n) is 21.4. The third-order valence-electron chi connectivity index (χ3n) is 5.45. The highest BCUT2D eigenvalue weighted by Gasteiger charge is 2.23. The smallest absolute Gasteiger partial charge is 0.341 e. The Hall–Kier alpha value is -3.34. The highest BCUT2D eigenvalue weighted by molar-refractivity contribution is 7.99. The number of carbonyl (C=O) groups excluding carboxylic acids is 2. The minimum absolute atomic E-state index is 0.0861. The van der Waals surface area contributed by atoms with Gasteiger partial charge in [-0.2, -0.15) is 0 Å². The lowest BCUT2D eigenvalue weighted by Crippen LogP contribution is -2.16. The molecule has 2 heterocycles. The van der Waals surface area contributed by atoms with Crippen LogP contribution in [0.15, 0.2) is 59.1 Å². The fraction of sp³-hybridized carbons (Fsp3) is 0.259. The van der Waals surface area contributed by atoms with Gasteiger partial charge in [-0.15, -0.1) is 21.5 Å². The lowest BCUT2D eigenvalue weighted by molar-refractivity contribution is -0.113. The molecule has 0 aliphatic heterocycles. The molecule has 0 unspecified atom stereocenters. The van der Waals surface area contributed by atoms with Gasteiger partial charge >= 0.3 is 5.97 Å². The van der Waals surface area contributed by atoms with Crippen LogP contribution in [-0.2, 0) is 16.6 Å². The Morgan fingerprint density at radius 1 is 1.08 bits per heavy atom. The van der Waals surface area contributed by atoms with Gasteiger partial charge in [-0.1, -0.05) is 49.3 Å². The van der Waals surface area contributed by atoms with Crippen LogP contribution in [0.2, 0.25) is 5.02 Å². The molecule has 38 heavy (non-hydrogen) atoms. The Labute approximate surface area is 234 Å². The number of hydrogen-bond acceptors (Lipinski definition) is 8. The summed E-state index contributed by atoms with van der Waals surface area (Å²) < 4.78 is 12.6. The van der Waals surface area contributed by atoms with E-state index in [1.165, 1.54) is 30.2 Å². The summed E-state index contributed by atoms with van der Waals surface area (Å²) in [5.41, 5.74) is 2.66. The van der Waals surface area contributed by atoms with Crippen LogP contribution in [0, 0.1) is 5.92 Å². The SMILES string of the molecule is COC(=O)c1c(-c2ccc(Cl)cc2)csc1NC(=O)CSc1nnc(-c2ccc(OCC(C)C)cc2)n1C. The lowest BCUT2D eigenvalue weighted by atomic mass is 10.0. The van der Waals surface area contributed by atoms with E-state index in [-0.39, 0.29) is 11.7 Å². The summed E-state index contributed by atoms with van der Waals surface area (Å²) in [6.45, 7) is 4.86. The number of halogens is 1. The number of esters is 1. The zero-order valence-corrected chi connectivity index (χ0v) is 23.7. The number of hydrogen-bond donors (Lipinski definition) is 1. The third-order valence-corrected chi connectivity index (χ3v) is 7.62. The van der Waals surface area contributed by atoms with Crippen LogP contribution >= 0.6 is 34.7 Å². The van der Waals surface area contributed by atoms with E-state index in [4.69, 9.17) is 21.1 Å². The summed E-state index contributed by atoms with van der Waals surface area (Å²) in [5, 5.41) is 14.8. The molecule has 4 rings (SSSR count). The summed E-state index contributed by atoms with van der Waals surface area (Å²) in [4.78, 5) is 25.4. The molecular weight excluding hydrogens is 544 g/mol. The van der Waals surface area contributed by atoms with E-state index in [9.17, 15) is 9.59 Å². The number of nitrogens with zero attached hydrogens (tertiary/aromatic N) is 3. The average molecular weight is 571 g/mol. The second kappa shape index (κ2) is 12.5. The summed E-state index contributed by atoms with van der Waals surface area (Å²) in [6, 6.07) is 14.8. The van der Waals surface area contributed by atoms with Crippen molar-refractivity contribution in [2.45, 2.75) is 19.0 Å². The third kappa shape index (κ3) is 6.56. The van der Waals surface area contributed by atoms with Crippen LogP contribution in [-0.4, -0.2) is 46.1 Å². The Balaban J connectivity index is 1.42. The van der Waals surface area contributed by atoms with Gasteiger partial charge in [0.2, 0.25) is 5.91 Å². The molecule has 0 spiro atoms. The standard InChI is InChI=1S/C27H27ClN4O4S2/c1-16(2)13-36-20-11-7-18(8-12-20)24-30-31-27(32(24)3)38-15-22(33)29-25-23(26(34)35-4)21(14-37-25)17-5-9-19(28)10-6-17/h5-12,14,16H,13,15H2,1-4H3,(H,29,33). The van der Waals surface area contributed by atoms with Crippen molar-refractivity contribution in [1.29, 1.82) is 0 Å². The number of carbonyl (C=O) groups is 2. The molecule has 0 fully saturated rings. The van der Waals surface area contributed by atoms with E-state index in [2.05, 4.69) is 29.4 Å². The Bertz CT molecular complexity index is 1420. The quantitative estimate of drug-likeness (QED) is 0.174. The van der Waals surface area contributed by atoms with Crippen molar-refractivity contribution in [3.8, 4) is 28.3 Å². The molecule has 4 aromatic rings. The molecule has 1 amide bonds. The first-order chi connectivity index (χ1) is 18.3. The van der Waals surface area contributed by atoms with Gasteiger partial charge < -0.3 is 19.4 Å². The molecule has 0 aliphatic rings. The monoisotopic (exact) mass is 570 g/mol. The Kier molecular flexibility index (Phi) is 9.09. The molecule has 0 radical (unpaired) electrons. The van der Waals surface area contributed by atoms with Crippen molar-refractivity contribution in [1.82, 2.24) is 14.8 Å². The van der Waals surface area contributed by atoms with E-state index in [0.717, 1.165) is 16.9 Å². The fourth-order valence-corrected chi connectivity index (χ4v) is 5.35. The van der Waals surface area contributed by atoms with Crippen LogP contribution in [0.1, 0.15) is 24.2 Å². The van der Waals surface area contributed by atoms with Crippen molar-refractivity contribution in [2.75, 3.05) is 24.8 Å². The second-order valence-corrected chi connectivity index (χ2v) is 11.0. The van der Waals surface area contributed by atoms with E-state index < -0.39 is 5.97 Å². The largest absolute Gasteiger partial charge is 0.493 e. The Morgan fingerprint density at radius 3 is 2.42 bits per heavy atom. The van der Waals surface area contributed by atoms with Crippen molar-refractivity contribution >= 4 is 51.6 Å². The number of thiophene rings is 1. The summed E-state index contributed by atoms with van der Waals surface area (Å²) in [7, 11) is 3.16. The number of rotatable bonds is 10. The number of benzene rings is 2. The van der Waals surface area contributed by atoms with E-state index in [1.807, 2.05) is 53.4 Å². The number of ether oxygens (including phenoxy) is 2. The zero-order chi connectivity index (χ0) is 27.2. The highest BCUT2D eigenvalue weighted by atomic mass is 35.5. The average Bonchev–Trinajstić information content (AvgIpc) is 3.49. The summed E-state index contributed by atoms with van der Waals surface area (Å²) in [6.07, 6.45) is 0. The van der Waals surface area contributed by atoms with Gasteiger partial charge in [-0.3, -0.25) is 4.79 Å². The molecule has 0 saturated heterocycles. The topological polar surface area (TPSA) is 95.3 Å². The molecule has 198 valence electrons. The summed E-state index contributed by atoms with van der Waals surface area (Å²) in [5.74, 6) is 1.21. The van der Waals surface area contributed by atoms with Gasteiger partial charge in [0.05, 0.1) is 19.5 Å². The van der Waals surface area contributed by atoms with Gasteiger partial charge in [0.15, 0.2) is 11.0 Å². The predicted molar refractivity (Wildman–Crippen MR) is 152 cm³/mol. The van der Waals surface area contributed by atoms with Crippen LogP contribution in [0.4, 0.5) is 5.00 Å². The molecule has 0 saturated carbocycles. The predicted octanol–water partition coefficient (Wildman–Crippen LogP) is 6.42. The molecule has 0 atom stereocenters. The molecule has 2 aromatic heterocycles. The van der Waals surface area contributed by atoms with Crippen LogP contribution in [0.3, 0.4) is 0 Å². The Morgan fingerprint density at radius 2 is 1.76 bits per heavy atom. The van der Waals surface area contributed by atoms with E-state index in [0.29, 0.717) is 44.7 Å². The van der Waals surface area contributed by atoms with Crippen molar-refractivity contribution in [3.63, 3.8) is 0 Å². The molecule has 11 heteroatoms. The van der Waals surface area contributed by atoms with Crippen LogP contribution in [0.5, 0.6) is 5.75 Å². The second-order valence-electron chi connectivity index (χ2n) is 8.78. The number of thioether (sulfide) groups is 1. The number of aromatic nitrogens is 3. The number of amides is 1. The van der Waals surface area contributed by atoms with Gasteiger partial charge in [0, 0.05) is 28.6 Å². The molecule has 8 nitrogen and oxygen atoms in total. The molecule has 1 N–H and O–H groups in total. The van der Waals surface area contributed by atoms with Gasteiger partial charge in [0.25, 0.3) is 0 Å². The fourth-order valence-electron chi connectivity index (χ4n) is 3.54. The van der Waals surface area contributed by atoms with E-state index >= 15 is 0 Å². The first-order valence-electron chi connectivity index (χ1n) is 11.8. The van der Waals surface area contributed by atoms with Crippen molar-refractivity contribution in [2.24, 2.45) is 13.0 Å². The maximum absolute atomic E-state index is 12.8. The van der Waals surface area contributed by atoms with Gasteiger partial charge in [-0.25, -0.2) is 4.79 Å². The normalized spacial score (nSPS) is 11.0. The maximum atomic E-state index is 12.8. The highest BCUT2D eigenvalue weighted by Crippen LogP contribution is 2.37. The number of nitrogens with one attached hydrogen (secondary N) is 1. The minimum Gasteiger partial charge on any atom is -0.493 e. The number of anilines is 1. The first-order valence-corrected chi connectivity index (χ1v) is 14.0. The van der Waals surface area contributed by atoms with Gasteiger partial charge in [0.1, 0.15) is 16.3 Å². The maximum Gasteiger partial charge on any atom is 0.341 e. The molecule has 2 aromatic carbocycles. The minimum atomic E-state index is -0.530. The molecule has 0 bridgehead atoms. The number of methoxy groups -OCH3 is 1.